The van der Waals surface area contributed by atoms with E-state index in [9.17, 15) is 9.90 Å². The van der Waals surface area contributed by atoms with Gasteiger partial charge >= 0.3 is 5.97 Å². The van der Waals surface area contributed by atoms with E-state index in [2.05, 4.69) is 16.1 Å². The Bertz CT molecular complexity index is 827. The van der Waals surface area contributed by atoms with Crippen molar-refractivity contribution in [1.29, 1.82) is 0 Å². The molecule has 1 aromatic heterocycles. The second-order valence-corrected chi connectivity index (χ2v) is 6.90. The molecule has 1 aliphatic heterocycles. The van der Waals surface area contributed by atoms with Crippen LogP contribution >= 0.6 is 12.2 Å². The average Bonchev–Trinajstić information content (AvgIpc) is 2.86. The molecule has 0 radical (unpaired) electrons. The fourth-order valence-corrected chi connectivity index (χ4v) is 4.00. The normalized spacial score (nSPS) is 20.8. The van der Waals surface area contributed by atoms with E-state index in [1.807, 2.05) is 12.1 Å². The molecule has 1 aliphatic rings. The number of esters is 1. The number of aliphatic hydroxyl groups excluding tert-OH is 1. The van der Waals surface area contributed by atoms with Crippen molar-refractivity contribution in [2.45, 2.75) is 46.0 Å². The summed E-state index contributed by atoms with van der Waals surface area (Å²) in [5.41, 5.74) is 2.52. The molecule has 1 fully saturated rings. The van der Waals surface area contributed by atoms with Crippen LogP contribution in [0.4, 0.5) is 0 Å². The predicted octanol–water partition coefficient (Wildman–Crippen LogP) is 1.37. The fourth-order valence-electron chi connectivity index (χ4n) is 3.61. The molecule has 2 heterocycles. The molecule has 2 N–H and O–H groups in total. The summed E-state index contributed by atoms with van der Waals surface area (Å²) in [6.07, 6.45) is 1.65. The molecule has 0 amide bonds. The van der Waals surface area contributed by atoms with E-state index in [1.165, 1.54) is 4.90 Å². The lowest BCUT2D eigenvalue weighted by Gasteiger charge is -2.27. The molecule has 1 saturated heterocycles. The third kappa shape index (κ3) is 3.63. The van der Waals surface area contributed by atoms with Crippen molar-refractivity contribution >= 4 is 29.2 Å². The molecule has 1 aromatic carbocycles. The van der Waals surface area contributed by atoms with Crippen molar-refractivity contribution in [3.63, 3.8) is 0 Å². The van der Waals surface area contributed by atoms with Crippen LogP contribution in [0, 0.1) is 4.77 Å². The summed E-state index contributed by atoms with van der Waals surface area (Å²) in [5.74, 6) is -0.313. The summed E-state index contributed by atoms with van der Waals surface area (Å²) in [7, 11) is 0. The number of carbonyl (C=O) groups is 1. The number of aliphatic hydroxyl groups is 1. The Morgan fingerprint density at radius 2 is 2.16 bits per heavy atom. The van der Waals surface area contributed by atoms with Gasteiger partial charge in [0.15, 0.2) is 11.4 Å². The number of rotatable bonds is 5. The number of carbonyl (C=O) groups excluding carboxylic acids is 1. The van der Waals surface area contributed by atoms with E-state index in [1.54, 1.807) is 13.0 Å². The van der Waals surface area contributed by atoms with Crippen LogP contribution in [-0.4, -0.2) is 46.0 Å². The van der Waals surface area contributed by atoms with Gasteiger partial charge in [-0.25, -0.2) is 4.79 Å². The Balaban J connectivity index is 2.02. The second kappa shape index (κ2) is 7.68. The molecule has 136 valence electrons. The smallest absolute Gasteiger partial charge is 0.338 e. The molecule has 0 spiro atoms. The molecule has 0 bridgehead atoms. The van der Waals surface area contributed by atoms with Crippen LogP contribution in [0.25, 0.3) is 11.0 Å². The average molecular weight is 364 g/mol. The first-order chi connectivity index (χ1) is 12.0. The summed E-state index contributed by atoms with van der Waals surface area (Å²) in [6.45, 7) is 7.46. The van der Waals surface area contributed by atoms with Crippen LogP contribution in [0.2, 0.25) is 0 Å². The summed E-state index contributed by atoms with van der Waals surface area (Å²) in [5, 5.41) is 9.94. The third-order valence-corrected chi connectivity index (χ3v) is 5.26. The Kier molecular flexibility index (Phi) is 5.56. The zero-order chi connectivity index (χ0) is 18.0. The number of nitrogens with zero attached hydrogens (tertiary/aromatic N) is 2. The Morgan fingerprint density at radius 3 is 2.84 bits per heavy atom. The third-order valence-electron chi connectivity index (χ3n) is 4.82. The first kappa shape index (κ1) is 18.1. The zero-order valence-corrected chi connectivity index (χ0v) is 15.6. The van der Waals surface area contributed by atoms with Crippen molar-refractivity contribution in [3.8, 4) is 0 Å². The molecular formula is C18H26N3O3S+. The number of fused-ring (bicyclic) bond motifs is 1. The lowest BCUT2D eigenvalue weighted by atomic mass is 10.1. The minimum Gasteiger partial charge on any atom is -0.462 e. The van der Waals surface area contributed by atoms with Crippen molar-refractivity contribution < 1.29 is 19.5 Å². The number of ether oxygens (including phenoxy) is 1. The van der Waals surface area contributed by atoms with Gasteiger partial charge in [0.1, 0.15) is 12.6 Å². The van der Waals surface area contributed by atoms with Gasteiger partial charge < -0.3 is 19.3 Å². The van der Waals surface area contributed by atoms with Gasteiger partial charge in [-0.3, -0.25) is 4.57 Å². The number of hydrogen-bond donors (Lipinski definition) is 2. The van der Waals surface area contributed by atoms with Crippen LogP contribution in [0.15, 0.2) is 18.2 Å². The van der Waals surface area contributed by atoms with E-state index < -0.39 is 0 Å². The molecule has 0 saturated carbocycles. The van der Waals surface area contributed by atoms with Crippen LogP contribution in [-0.2, 0) is 18.0 Å². The fraction of sp³-hybridized carbons (Fsp3) is 0.556. The number of likely N-dealkylation sites (tertiary alicyclic amines) is 1. The van der Waals surface area contributed by atoms with E-state index in [4.69, 9.17) is 17.0 Å². The van der Waals surface area contributed by atoms with E-state index in [0.717, 1.165) is 48.3 Å². The maximum Gasteiger partial charge on any atom is 0.338 e. The second-order valence-electron chi connectivity index (χ2n) is 6.54. The number of nitrogens with one attached hydrogen (secondary N) is 1. The maximum atomic E-state index is 12.1. The monoisotopic (exact) mass is 364 g/mol. The Morgan fingerprint density at radius 1 is 1.36 bits per heavy atom. The molecular weight excluding hydrogens is 338 g/mol. The first-order valence-corrected chi connectivity index (χ1v) is 9.37. The van der Waals surface area contributed by atoms with Crippen molar-refractivity contribution in [1.82, 2.24) is 9.13 Å². The topological polar surface area (TPSA) is 60.8 Å². The van der Waals surface area contributed by atoms with Gasteiger partial charge in [-0.15, -0.1) is 0 Å². The molecule has 25 heavy (non-hydrogen) atoms. The highest BCUT2D eigenvalue weighted by molar-refractivity contribution is 7.71. The SMILES string of the molecule is CCOC(=O)c1ccc2c(c1)n(C[NH+]1CCC[C@@H](O)C1)c(=S)n2CC. The number of imidazole rings is 1. The number of aryl methyl sites for hydroxylation is 1. The molecule has 3 rings (SSSR count). The minimum absolute atomic E-state index is 0.243. The Labute approximate surface area is 152 Å². The number of aromatic nitrogens is 2. The van der Waals surface area contributed by atoms with Gasteiger partial charge in [-0.1, -0.05) is 0 Å². The van der Waals surface area contributed by atoms with Crippen LogP contribution in [0.3, 0.4) is 0 Å². The highest BCUT2D eigenvalue weighted by Gasteiger charge is 2.23. The highest BCUT2D eigenvalue weighted by atomic mass is 32.1. The van der Waals surface area contributed by atoms with Crippen LogP contribution in [0.1, 0.15) is 37.0 Å². The highest BCUT2D eigenvalue weighted by Crippen LogP contribution is 2.20. The minimum atomic E-state index is -0.313. The van der Waals surface area contributed by atoms with Gasteiger partial charge in [0.2, 0.25) is 0 Å². The first-order valence-electron chi connectivity index (χ1n) is 8.97. The maximum absolute atomic E-state index is 12.1. The molecule has 0 aliphatic carbocycles. The van der Waals surface area contributed by atoms with Gasteiger partial charge in [0, 0.05) is 6.54 Å². The molecule has 2 atom stereocenters. The van der Waals surface area contributed by atoms with Gasteiger partial charge in [-0.2, -0.15) is 0 Å². The number of quaternary nitrogens is 1. The molecule has 6 nitrogen and oxygen atoms in total. The predicted molar refractivity (Wildman–Crippen MR) is 98.3 cm³/mol. The van der Waals surface area contributed by atoms with Crippen LogP contribution in [0.5, 0.6) is 0 Å². The van der Waals surface area contributed by atoms with Gasteiger partial charge in [-0.05, 0) is 57.1 Å². The van der Waals surface area contributed by atoms with Crippen molar-refractivity contribution in [3.05, 3.63) is 28.5 Å². The van der Waals surface area contributed by atoms with Gasteiger partial charge in [0.05, 0.1) is 29.7 Å². The summed E-state index contributed by atoms with van der Waals surface area (Å²) in [6, 6.07) is 5.61. The quantitative estimate of drug-likeness (QED) is 0.621. The number of piperidine rings is 1. The van der Waals surface area contributed by atoms with E-state index >= 15 is 0 Å². The van der Waals surface area contributed by atoms with E-state index in [-0.39, 0.29) is 12.1 Å². The van der Waals surface area contributed by atoms with Crippen molar-refractivity contribution in [2.75, 3.05) is 19.7 Å². The standard InChI is InChI=1S/C18H25N3O3S/c1-3-20-15-8-7-13(17(23)24-4-2)10-16(15)21(18(20)25)12-19-9-5-6-14(22)11-19/h7-8,10,14,22H,3-6,9,11-12H2,1-2H3/p+1/t14-/m1/s1. The summed E-state index contributed by atoms with van der Waals surface area (Å²) in [4.78, 5) is 13.4. The molecule has 2 aromatic rings. The molecule has 1 unspecified atom stereocenters. The van der Waals surface area contributed by atoms with Crippen molar-refractivity contribution in [2.24, 2.45) is 0 Å². The Hall–Kier alpha value is -1.70. The lowest BCUT2D eigenvalue weighted by Crippen LogP contribution is -3.13. The largest absolute Gasteiger partial charge is 0.462 e. The number of benzene rings is 1. The summed E-state index contributed by atoms with van der Waals surface area (Å²) >= 11 is 5.68. The molecule has 7 heteroatoms. The lowest BCUT2D eigenvalue weighted by molar-refractivity contribution is -0.930. The van der Waals surface area contributed by atoms with Crippen LogP contribution < -0.4 is 4.90 Å². The zero-order valence-electron chi connectivity index (χ0n) is 14.8. The number of hydrogen-bond acceptors (Lipinski definition) is 4. The van der Waals surface area contributed by atoms with Gasteiger partial charge in [0.25, 0.3) is 0 Å². The summed E-state index contributed by atoms with van der Waals surface area (Å²) < 4.78 is 10.1. The van der Waals surface area contributed by atoms with E-state index in [0.29, 0.717) is 18.8 Å².